The van der Waals surface area contributed by atoms with E-state index in [1.807, 2.05) is 85.8 Å². The van der Waals surface area contributed by atoms with Crippen molar-refractivity contribution in [3.63, 3.8) is 0 Å². The third-order valence-electron chi connectivity index (χ3n) is 4.58. The number of benzene rings is 3. The van der Waals surface area contributed by atoms with Crippen molar-refractivity contribution in [2.24, 2.45) is 0 Å². The maximum absolute atomic E-state index is 12.8. The fourth-order valence-corrected chi connectivity index (χ4v) is 3.40. The highest BCUT2D eigenvalue weighted by atomic mass is 32.1. The number of rotatable bonds is 5. The highest BCUT2D eigenvalue weighted by Gasteiger charge is 2.31. The Balaban J connectivity index is 1.46. The molecule has 144 valence electrons. The molecule has 4 rings (SSSR count). The maximum Gasteiger partial charge on any atom is 0.281 e. The Morgan fingerprint density at radius 3 is 2.48 bits per heavy atom. The first-order valence-electron chi connectivity index (χ1n) is 9.31. The summed E-state index contributed by atoms with van der Waals surface area (Å²) in [6, 6.07) is 25.4. The summed E-state index contributed by atoms with van der Waals surface area (Å²) in [6.45, 7) is 2.50. The van der Waals surface area contributed by atoms with E-state index in [-0.39, 0.29) is 5.91 Å². The second-order valence-electron chi connectivity index (χ2n) is 6.81. The van der Waals surface area contributed by atoms with E-state index in [1.54, 1.807) is 6.08 Å². The van der Waals surface area contributed by atoms with Crippen LogP contribution < -0.4 is 15.0 Å². The van der Waals surface area contributed by atoms with Gasteiger partial charge < -0.3 is 10.1 Å². The van der Waals surface area contributed by atoms with E-state index in [0.717, 1.165) is 28.1 Å². The van der Waals surface area contributed by atoms with Gasteiger partial charge in [-0.25, -0.2) is 0 Å². The van der Waals surface area contributed by atoms with Crippen molar-refractivity contribution in [1.82, 2.24) is 5.32 Å². The van der Waals surface area contributed by atoms with Gasteiger partial charge in [0.25, 0.3) is 5.91 Å². The van der Waals surface area contributed by atoms with Gasteiger partial charge in [-0.15, -0.1) is 0 Å². The number of hydrogen-bond acceptors (Lipinski definition) is 3. The zero-order valence-corrected chi connectivity index (χ0v) is 16.8. The van der Waals surface area contributed by atoms with Gasteiger partial charge in [-0.05, 0) is 66.2 Å². The monoisotopic (exact) mass is 400 g/mol. The number of carbonyl (C=O) groups excluding carboxylic acids is 1. The minimum absolute atomic E-state index is 0.162. The molecule has 0 bridgehead atoms. The van der Waals surface area contributed by atoms with E-state index in [9.17, 15) is 4.79 Å². The predicted molar refractivity (Wildman–Crippen MR) is 120 cm³/mol. The topological polar surface area (TPSA) is 41.6 Å². The molecule has 0 spiro atoms. The molecule has 29 heavy (non-hydrogen) atoms. The van der Waals surface area contributed by atoms with Crippen LogP contribution >= 0.6 is 12.2 Å². The smallest absolute Gasteiger partial charge is 0.281 e. The molecule has 0 atom stereocenters. The van der Waals surface area contributed by atoms with Gasteiger partial charge in [0.15, 0.2) is 5.11 Å². The molecule has 5 heteroatoms. The highest BCUT2D eigenvalue weighted by Crippen LogP contribution is 2.24. The third-order valence-corrected chi connectivity index (χ3v) is 4.86. The quantitative estimate of drug-likeness (QED) is 0.492. The summed E-state index contributed by atoms with van der Waals surface area (Å²) in [5.41, 5.74) is 4.29. The Hall–Kier alpha value is -3.44. The Morgan fingerprint density at radius 1 is 1.00 bits per heavy atom. The van der Waals surface area contributed by atoms with Gasteiger partial charge in [-0.3, -0.25) is 9.69 Å². The average Bonchev–Trinajstić information content (AvgIpc) is 3.01. The first-order valence-corrected chi connectivity index (χ1v) is 9.71. The van der Waals surface area contributed by atoms with Gasteiger partial charge in [0.2, 0.25) is 0 Å². The van der Waals surface area contributed by atoms with Gasteiger partial charge >= 0.3 is 0 Å². The van der Waals surface area contributed by atoms with E-state index in [0.29, 0.717) is 17.4 Å². The molecule has 4 nitrogen and oxygen atoms in total. The number of aryl methyl sites for hydroxylation is 1. The summed E-state index contributed by atoms with van der Waals surface area (Å²) < 4.78 is 5.81. The number of nitrogens with one attached hydrogen (secondary N) is 1. The molecule has 1 N–H and O–H groups in total. The van der Waals surface area contributed by atoms with E-state index < -0.39 is 0 Å². The molecule has 1 fully saturated rings. The molecule has 1 heterocycles. The van der Waals surface area contributed by atoms with Crippen molar-refractivity contribution in [3.8, 4) is 5.75 Å². The van der Waals surface area contributed by atoms with Gasteiger partial charge in [-0.2, -0.15) is 0 Å². The maximum atomic E-state index is 12.8. The Labute approximate surface area is 175 Å². The number of hydrogen-bond donors (Lipinski definition) is 1. The second kappa shape index (κ2) is 8.29. The fraction of sp³-hybridized carbons (Fsp3) is 0.0833. The molecule has 3 aromatic carbocycles. The number of thiocarbonyl (C=S) groups is 1. The largest absolute Gasteiger partial charge is 0.489 e. The number of anilines is 1. The summed E-state index contributed by atoms with van der Waals surface area (Å²) >= 11 is 5.37. The van der Waals surface area contributed by atoms with Crippen LogP contribution in [0.2, 0.25) is 0 Å². The number of nitrogens with zero attached hydrogens (tertiary/aromatic N) is 1. The number of ether oxygens (including phenoxy) is 1. The van der Waals surface area contributed by atoms with Gasteiger partial charge in [0.1, 0.15) is 18.1 Å². The van der Waals surface area contributed by atoms with Gasteiger partial charge in [0.05, 0.1) is 5.69 Å². The minimum Gasteiger partial charge on any atom is -0.489 e. The van der Waals surface area contributed by atoms with Gasteiger partial charge in [0, 0.05) is 0 Å². The van der Waals surface area contributed by atoms with Crippen LogP contribution in [0.1, 0.15) is 16.7 Å². The zero-order chi connectivity index (χ0) is 20.2. The molecule has 1 aliphatic heterocycles. The van der Waals surface area contributed by atoms with E-state index in [2.05, 4.69) is 5.32 Å². The number of amides is 1. The van der Waals surface area contributed by atoms with Crippen LogP contribution in [0.3, 0.4) is 0 Å². The van der Waals surface area contributed by atoms with Crippen LogP contribution in [-0.2, 0) is 11.4 Å². The Bertz CT molecular complexity index is 1080. The third kappa shape index (κ3) is 4.36. The van der Waals surface area contributed by atoms with Crippen LogP contribution in [0.25, 0.3) is 6.08 Å². The predicted octanol–water partition coefficient (Wildman–Crippen LogP) is 4.84. The lowest BCUT2D eigenvalue weighted by molar-refractivity contribution is -0.113. The van der Waals surface area contributed by atoms with Crippen LogP contribution in [-0.4, -0.2) is 11.0 Å². The van der Waals surface area contributed by atoms with Crippen molar-refractivity contribution < 1.29 is 9.53 Å². The van der Waals surface area contributed by atoms with Crippen LogP contribution in [0.4, 0.5) is 5.69 Å². The van der Waals surface area contributed by atoms with Crippen molar-refractivity contribution >= 4 is 35.0 Å². The van der Waals surface area contributed by atoms with E-state index in [4.69, 9.17) is 17.0 Å². The van der Waals surface area contributed by atoms with E-state index >= 15 is 0 Å². The summed E-state index contributed by atoms with van der Waals surface area (Å²) in [5.74, 6) is 0.614. The lowest BCUT2D eigenvalue weighted by Gasteiger charge is -2.14. The summed E-state index contributed by atoms with van der Waals surface area (Å²) in [5, 5.41) is 3.40. The first-order chi connectivity index (χ1) is 14.1. The van der Waals surface area contributed by atoms with Crippen LogP contribution in [0.15, 0.2) is 84.6 Å². The van der Waals surface area contributed by atoms with Crippen molar-refractivity contribution in [1.29, 1.82) is 0 Å². The molecule has 1 amide bonds. The summed E-state index contributed by atoms with van der Waals surface area (Å²) in [4.78, 5) is 14.4. The number of carbonyl (C=O) groups is 1. The fourth-order valence-electron chi connectivity index (χ4n) is 3.10. The molecule has 1 aliphatic rings. The molecule has 0 saturated carbocycles. The molecule has 0 radical (unpaired) electrons. The van der Waals surface area contributed by atoms with Crippen molar-refractivity contribution in [2.75, 3.05) is 4.90 Å². The molecule has 3 aromatic rings. The minimum atomic E-state index is -0.162. The van der Waals surface area contributed by atoms with Crippen molar-refractivity contribution in [2.45, 2.75) is 13.5 Å². The molecule has 0 unspecified atom stereocenters. The molecule has 0 aliphatic carbocycles. The van der Waals surface area contributed by atoms with Crippen LogP contribution in [0, 0.1) is 6.92 Å². The lowest BCUT2D eigenvalue weighted by atomic mass is 10.1. The average molecular weight is 401 g/mol. The highest BCUT2D eigenvalue weighted by molar-refractivity contribution is 7.80. The molecule has 1 saturated heterocycles. The Morgan fingerprint density at radius 2 is 1.76 bits per heavy atom. The van der Waals surface area contributed by atoms with Crippen LogP contribution in [0.5, 0.6) is 5.75 Å². The normalized spacial score (nSPS) is 14.9. The molecule has 0 aromatic heterocycles. The first kappa shape index (κ1) is 18.9. The summed E-state index contributed by atoms with van der Waals surface area (Å²) in [6.07, 6.45) is 1.80. The Kier molecular flexibility index (Phi) is 5.40. The summed E-state index contributed by atoms with van der Waals surface area (Å²) in [7, 11) is 0. The standard InChI is InChI=1S/C24H20N2O2S/c1-17-6-5-9-20(14-17)26-23(27)22(25-24(26)29)15-18-10-12-21(13-11-18)28-16-19-7-3-2-4-8-19/h2-15H,16H2,1H3,(H,25,29)/b22-15+. The SMILES string of the molecule is Cc1cccc(N2C(=O)/C(=C\c3ccc(OCc4ccccc4)cc3)NC2=S)c1. The van der Waals surface area contributed by atoms with Gasteiger partial charge in [-0.1, -0.05) is 54.6 Å². The zero-order valence-electron chi connectivity index (χ0n) is 16.0. The van der Waals surface area contributed by atoms with Crippen molar-refractivity contribution in [3.05, 3.63) is 101 Å². The molecular formula is C24H20N2O2S. The van der Waals surface area contributed by atoms with E-state index in [1.165, 1.54) is 4.90 Å². The second-order valence-corrected chi connectivity index (χ2v) is 7.20. The lowest BCUT2D eigenvalue weighted by Crippen LogP contribution is -2.30. The molecular weight excluding hydrogens is 380 g/mol.